The lowest BCUT2D eigenvalue weighted by molar-refractivity contribution is 0.120. The van der Waals surface area contributed by atoms with Gasteiger partial charge in [0.1, 0.15) is 0 Å². The van der Waals surface area contributed by atoms with E-state index in [0.29, 0.717) is 0 Å². The van der Waals surface area contributed by atoms with Gasteiger partial charge in [-0.1, -0.05) is 18.2 Å². The maximum atomic E-state index is 5.16. The Bertz CT molecular complexity index is 541. The molecule has 1 saturated heterocycles. The molecule has 0 saturated carbocycles. The number of methoxy groups -OCH3 is 1. The van der Waals surface area contributed by atoms with Gasteiger partial charge in [0.05, 0.1) is 6.61 Å². The number of hydrogen-bond donors (Lipinski definition) is 1. The lowest BCUT2D eigenvalue weighted by atomic mass is 9.90. The number of aromatic nitrogens is 1. The fourth-order valence-corrected chi connectivity index (χ4v) is 3.25. The Morgan fingerprint density at radius 3 is 2.85 bits per heavy atom. The van der Waals surface area contributed by atoms with Crippen molar-refractivity contribution >= 4 is 10.9 Å². The first kappa shape index (κ1) is 13.7. The van der Waals surface area contributed by atoms with Crippen LogP contribution >= 0.6 is 0 Å². The van der Waals surface area contributed by atoms with Gasteiger partial charge in [0.15, 0.2) is 0 Å². The van der Waals surface area contributed by atoms with Crippen LogP contribution in [-0.4, -0.2) is 43.2 Å². The van der Waals surface area contributed by atoms with Crippen LogP contribution in [0.5, 0.6) is 0 Å². The van der Waals surface area contributed by atoms with Crippen LogP contribution in [0.1, 0.15) is 18.4 Å². The van der Waals surface area contributed by atoms with E-state index in [0.717, 1.165) is 19.1 Å². The molecule has 2 heterocycles. The van der Waals surface area contributed by atoms with Crippen LogP contribution in [0.15, 0.2) is 30.5 Å². The highest BCUT2D eigenvalue weighted by molar-refractivity contribution is 5.83. The van der Waals surface area contributed by atoms with E-state index in [-0.39, 0.29) is 0 Å². The Hall–Kier alpha value is -1.32. The minimum atomic E-state index is 0.827. The van der Waals surface area contributed by atoms with Gasteiger partial charge in [-0.15, -0.1) is 0 Å². The van der Waals surface area contributed by atoms with Crippen molar-refractivity contribution < 1.29 is 4.74 Å². The number of hydrogen-bond acceptors (Lipinski definition) is 2. The standard InChI is InChI=1S/C17H24N2O/c1-20-11-10-19-8-6-14(7-9-19)12-15-13-18-17-5-3-2-4-16(15)17/h2-5,13-14,18H,6-12H2,1H3. The molecule has 1 aliphatic heterocycles. The zero-order chi connectivity index (χ0) is 13.8. The lowest BCUT2D eigenvalue weighted by Gasteiger charge is -2.31. The van der Waals surface area contributed by atoms with Crippen molar-refractivity contribution in [2.75, 3.05) is 33.4 Å². The minimum absolute atomic E-state index is 0.827. The molecule has 1 aromatic heterocycles. The first-order valence-electron chi connectivity index (χ1n) is 7.63. The van der Waals surface area contributed by atoms with E-state index in [1.165, 1.54) is 48.8 Å². The van der Waals surface area contributed by atoms with Crippen LogP contribution in [0.4, 0.5) is 0 Å². The van der Waals surface area contributed by atoms with E-state index in [4.69, 9.17) is 4.74 Å². The topological polar surface area (TPSA) is 28.3 Å². The summed E-state index contributed by atoms with van der Waals surface area (Å²) in [5, 5.41) is 1.40. The van der Waals surface area contributed by atoms with Crippen LogP contribution < -0.4 is 0 Å². The average molecular weight is 272 g/mol. The number of ether oxygens (including phenoxy) is 1. The van der Waals surface area contributed by atoms with Crippen molar-refractivity contribution in [1.82, 2.24) is 9.88 Å². The van der Waals surface area contributed by atoms with Gasteiger partial charge in [0.2, 0.25) is 0 Å². The first-order valence-corrected chi connectivity index (χ1v) is 7.63. The van der Waals surface area contributed by atoms with Crippen LogP contribution in [0.25, 0.3) is 10.9 Å². The van der Waals surface area contributed by atoms with Gasteiger partial charge in [-0.3, -0.25) is 0 Å². The van der Waals surface area contributed by atoms with Gasteiger partial charge in [0.25, 0.3) is 0 Å². The van der Waals surface area contributed by atoms with Crippen molar-refractivity contribution in [2.45, 2.75) is 19.3 Å². The average Bonchev–Trinajstić information content (AvgIpc) is 2.90. The second-order valence-electron chi connectivity index (χ2n) is 5.84. The lowest BCUT2D eigenvalue weighted by Crippen LogP contribution is -2.36. The van der Waals surface area contributed by atoms with Crippen molar-refractivity contribution in [3.05, 3.63) is 36.0 Å². The number of likely N-dealkylation sites (tertiary alicyclic amines) is 1. The van der Waals surface area contributed by atoms with Crippen molar-refractivity contribution in [2.24, 2.45) is 5.92 Å². The molecule has 2 aromatic rings. The van der Waals surface area contributed by atoms with Gasteiger partial charge >= 0.3 is 0 Å². The monoisotopic (exact) mass is 272 g/mol. The van der Waals surface area contributed by atoms with E-state index in [1.54, 1.807) is 7.11 Å². The Kier molecular flexibility index (Phi) is 4.38. The van der Waals surface area contributed by atoms with Crippen LogP contribution in [0.3, 0.4) is 0 Å². The molecule has 0 radical (unpaired) electrons. The molecule has 1 aliphatic rings. The molecule has 0 amide bonds. The quantitative estimate of drug-likeness (QED) is 0.906. The molecule has 108 valence electrons. The molecule has 3 heteroatoms. The van der Waals surface area contributed by atoms with Crippen molar-refractivity contribution in [1.29, 1.82) is 0 Å². The summed E-state index contributed by atoms with van der Waals surface area (Å²) >= 11 is 0. The molecule has 0 unspecified atom stereocenters. The highest BCUT2D eigenvalue weighted by Gasteiger charge is 2.20. The smallest absolute Gasteiger partial charge is 0.0589 e. The number of nitrogens with zero attached hydrogens (tertiary/aromatic N) is 1. The Morgan fingerprint density at radius 2 is 2.05 bits per heavy atom. The van der Waals surface area contributed by atoms with Crippen LogP contribution in [-0.2, 0) is 11.2 Å². The van der Waals surface area contributed by atoms with Crippen LogP contribution in [0.2, 0.25) is 0 Å². The van der Waals surface area contributed by atoms with Gasteiger partial charge < -0.3 is 14.6 Å². The minimum Gasteiger partial charge on any atom is -0.383 e. The molecule has 0 atom stereocenters. The van der Waals surface area contributed by atoms with E-state index < -0.39 is 0 Å². The predicted molar refractivity (Wildman–Crippen MR) is 83.0 cm³/mol. The summed E-state index contributed by atoms with van der Waals surface area (Å²) in [6.45, 7) is 4.37. The van der Waals surface area contributed by atoms with Crippen molar-refractivity contribution in [3.8, 4) is 0 Å². The van der Waals surface area contributed by atoms with E-state index in [2.05, 4.69) is 40.3 Å². The molecule has 3 nitrogen and oxygen atoms in total. The van der Waals surface area contributed by atoms with Gasteiger partial charge in [-0.25, -0.2) is 0 Å². The molecule has 0 spiro atoms. The Balaban J connectivity index is 1.57. The molecule has 1 aromatic carbocycles. The van der Waals surface area contributed by atoms with E-state index in [9.17, 15) is 0 Å². The molecule has 3 rings (SSSR count). The maximum Gasteiger partial charge on any atom is 0.0589 e. The number of aromatic amines is 1. The van der Waals surface area contributed by atoms with E-state index >= 15 is 0 Å². The van der Waals surface area contributed by atoms with Gasteiger partial charge in [-0.2, -0.15) is 0 Å². The number of nitrogens with one attached hydrogen (secondary N) is 1. The highest BCUT2D eigenvalue weighted by Crippen LogP contribution is 2.26. The number of fused-ring (bicyclic) bond motifs is 1. The summed E-state index contributed by atoms with van der Waals surface area (Å²) in [6.07, 6.45) is 6.02. The van der Waals surface area contributed by atoms with E-state index in [1.807, 2.05) is 0 Å². The summed E-state index contributed by atoms with van der Waals surface area (Å²) < 4.78 is 5.16. The normalized spacial score (nSPS) is 17.9. The Morgan fingerprint density at radius 1 is 1.25 bits per heavy atom. The molecular weight excluding hydrogens is 248 g/mol. The third-order valence-electron chi connectivity index (χ3n) is 4.50. The number of H-pyrrole nitrogens is 1. The summed E-state index contributed by atoms with van der Waals surface area (Å²) in [5.41, 5.74) is 2.75. The predicted octanol–water partition coefficient (Wildman–Crippen LogP) is 3.07. The molecule has 1 fully saturated rings. The number of benzene rings is 1. The molecule has 0 aliphatic carbocycles. The summed E-state index contributed by atoms with van der Waals surface area (Å²) in [4.78, 5) is 5.91. The molecule has 0 bridgehead atoms. The molecular formula is C17H24N2O. The molecule has 1 N–H and O–H groups in total. The number of rotatable bonds is 5. The Labute approximate surface area is 120 Å². The maximum absolute atomic E-state index is 5.16. The second kappa shape index (κ2) is 6.42. The second-order valence-corrected chi connectivity index (χ2v) is 5.84. The van der Waals surface area contributed by atoms with Gasteiger partial charge in [-0.05, 0) is 49.9 Å². The fraction of sp³-hybridized carbons (Fsp3) is 0.529. The number of piperidine rings is 1. The largest absolute Gasteiger partial charge is 0.383 e. The first-order chi connectivity index (χ1) is 9.86. The SMILES string of the molecule is COCCN1CCC(Cc2c[nH]c3ccccc23)CC1. The fourth-order valence-electron chi connectivity index (χ4n) is 3.25. The molecule has 20 heavy (non-hydrogen) atoms. The number of para-hydroxylation sites is 1. The highest BCUT2D eigenvalue weighted by atomic mass is 16.5. The third-order valence-corrected chi connectivity index (χ3v) is 4.50. The third kappa shape index (κ3) is 3.05. The summed E-state index contributed by atoms with van der Waals surface area (Å²) in [7, 11) is 1.78. The van der Waals surface area contributed by atoms with Crippen LogP contribution in [0, 0.1) is 5.92 Å². The van der Waals surface area contributed by atoms with Gasteiger partial charge in [0, 0.05) is 30.8 Å². The summed E-state index contributed by atoms with van der Waals surface area (Å²) in [6, 6.07) is 8.62. The summed E-state index contributed by atoms with van der Waals surface area (Å²) in [5.74, 6) is 0.827. The zero-order valence-electron chi connectivity index (χ0n) is 12.3. The van der Waals surface area contributed by atoms with Crippen molar-refractivity contribution in [3.63, 3.8) is 0 Å². The zero-order valence-corrected chi connectivity index (χ0v) is 12.3.